The predicted molar refractivity (Wildman–Crippen MR) is 45.4 cm³/mol. The molecule has 0 spiro atoms. The van der Waals surface area contributed by atoms with Crippen molar-refractivity contribution in [1.82, 2.24) is 0 Å². The number of methoxy groups -OCH3 is 2. The molecule has 1 atom stereocenters. The molecule has 0 aliphatic carbocycles. The Morgan fingerprint density at radius 3 is 1.50 bits per heavy atom. The van der Waals surface area contributed by atoms with Gasteiger partial charge in [-0.25, -0.2) is 0 Å². The molecule has 8 heteroatoms. The molecule has 0 bridgehead atoms. The van der Waals surface area contributed by atoms with Crippen LogP contribution < -0.4 is 4.90 Å². The van der Waals surface area contributed by atoms with Crippen LogP contribution in [0.25, 0.3) is 0 Å². The van der Waals surface area contributed by atoms with E-state index in [2.05, 4.69) is 6.92 Å². The molecule has 88 valence electrons. The zero-order valence-corrected chi connectivity index (χ0v) is 8.69. The summed E-state index contributed by atoms with van der Waals surface area (Å²) in [5, 5.41) is 0. The van der Waals surface area contributed by atoms with Gasteiger partial charge in [0.15, 0.2) is 0 Å². The highest BCUT2D eigenvalue weighted by molar-refractivity contribution is 6.50. The van der Waals surface area contributed by atoms with Crippen LogP contribution in [0.1, 0.15) is 6.92 Å². The molecular weight excluding hydrogens is 205 g/mol. The smallest absolute Gasteiger partial charge is 0.418 e. The molecule has 0 amide bonds. The Morgan fingerprint density at radius 1 is 1.14 bits per heavy atom. The second-order valence-electron chi connectivity index (χ2n) is 2.50. The van der Waals surface area contributed by atoms with Crippen molar-refractivity contribution in [2.24, 2.45) is 0 Å². The van der Waals surface area contributed by atoms with Crippen LogP contribution >= 0.6 is 0 Å². The van der Waals surface area contributed by atoms with Gasteiger partial charge in [0.2, 0.25) is 0 Å². The van der Waals surface area contributed by atoms with Crippen LogP contribution in [0.3, 0.4) is 0 Å². The van der Waals surface area contributed by atoms with Gasteiger partial charge in [-0.15, -0.1) is 0 Å². The number of rotatable bonds is 4. The van der Waals surface area contributed by atoms with Crippen LogP contribution in [0.4, 0.5) is 17.3 Å². The predicted octanol–water partition coefficient (Wildman–Crippen LogP) is 0.397. The van der Waals surface area contributed by atoms with E-state index in [1.54, 1.807) is 14.2 Å². The quantitative estimate of drug-likeness (QED) is 0.421. The second kappa shape index (κ2) is 8.01. The van der Waals surface area contributed by atoms with Crippen molar-refractivity contribution in [3.8, 4) is 0 Å². The van der Waals surface area contributed by atoms with Crippen LogP contribution in [0, 0.1) is 0 Å². The summed E-state index contributed by atoms with van der Waals surface area (Å²) in [6.07, 6.45) is -0.116. The van der Waals surface area contributed by atoms with E-state index >= 15 is 0 Å². The SMILES string of the molecule is CC[NH+](C)C(OC)OC.F[B-](F)(F)F. The lowest BCUT2D eigenvalue weighted by Crippen LogP contribution is -3.13. The number of hydrogen-bond donors (Lipinski definition) is 1. The van der Waals surface area contributed by atoms with E-state index in [-0.39, 0.29) is 6.41 Å². The van der Waals surface area contributed by atoms with E-state index in [1.807, 2.05) is 7.05 Å². The van der Waals surface area contributed by atoms with Crippen LogP contribution in [0.5, 0.6) is 0 Å². The lowest BCUT2D eigenvalue weighted by Gasteiger charge is -2.19. The third kappa shape index (κ3) is 14.2. The van der Waals surface area contributed by atoms with E-state index in [4.69, 9.17) is 9.47 Å². The zero-order valence-electron chi connectivity index (χ0n) is 8.69. The first kappa shape index (κ1) is 16.1. The monoisotopic (exact) mass is 221 g/mol. The van der Waals surface area contributed by atoms with Crippen molar-refractivity contribution in [2.75, 3.05) is 27.8 Å². The number of nitrogens with one attached hydrogen (secondary N) is 1. The fourth-order valence-electron chi connectivity index (χ4n) is 0.665. The Labute approximate surface area is 81.1 Å². The molecule has 0 radical (unpaired) electrons. The first-order valence-corrected chi connectivity index (χ1v) is 4.01. The maximum absolute atomic E-state index is 9.75. The molecule has 0 fully saturated rings. The largest absolute Gasteiger partial charge is 0.673 e. The maximum atomic E-state index is 9.75. The van der Waals surface area contributed by atoms with Crippen LogP contribution in [-0.4, -0.2) is 41.5 Å². The average Bonchev–Trinajstić information content (AvgIpc) is 2.03. The summed E-state index contributed by atoms with van der Waals surface area (Å²) >= 11 is 0. The van der Waals surface area contributed by atoms with Gasteiger partial charge >= 0.3 is 13.7 Å². The molecule has 0 heterocycles. The average molecular weight is 221 g/mol. The normalized spacial score (nSPS) is 13.5. The molecule has 0 saturated heterocycles. The lowest BCUT2D eigenvalue weighted by molar-refractivity contribution is -0.953. The highest BCUT2D eigenvalue weighted by atomic mass is 19.5. The summed E-state index contributed by atoms with van der Waals surface area (Å²) in [7, 11) is -0.682. The van der Waals surface area contributed by atoms with E-state index in [1.165, 1.54) is 4.90 Å². The number of ether oxygens (including phenoxy) is 2. The summed E-state index contributed by atoms with van der Waals surface area (Å²) in [5.74, 6) is 0. The first-order valence-electron chi connectivity index (χ1n) is 4.01. The molecule has 0 aromatic rings. The van der Waals surface area contributed by atoms with Gasteiger partial charge in [0.1, 0.15) is 0 Å². The molecule has 0 saturated carbocycles. The molecule has 0 aliphatic rings. The van der Waals surface area contributed by atoms with Gasteiger partial charge in [-0.3, -0.25) is 4.90 Å². The van der Waals surface area contributed by atoms with Gasteiger partial charge in [-0.05, 0) is 6.92 Å². The molecule has 1 unspecified atom stereocenters. The summed E-state index contributed by atoms with van der Waals surface area (Å²) < 4.78 is 49.0. The minimum atomic E-state index is -6.00. The van der Waals surface area contributed by atoms with Gasteiger partial charge < -0.3 is 26.7 Å². The molecule has 1 N–H and O–H groups in total. The lowest BCUT2D eigenvalue weighted by atomic mass is 10.3. The summed E-state index contributed by atoms with van der Waals surface area (Å²) in [6.45, 7) is 3.09. The van der Waals surface area contributed by atoms with E-state index in [0.29, 0.717) is 0 Å². The number of hydrogen-bond acceptors (Lipinski definition) is 2. The Balaban J connectivity index is 0. The Hall–Kier alpha value is -0.335. The van der Waals surface area contributed by atoms with Gasteiger partial charge in [0, 0.05) is 14.2 Å². The summed E-state index contributed by atoms with van der Waals surface area (Å²) in [4.78, 5) is 1.22. The van der Waals surface area contributed by atoms with Crippen molar-refractivity contribution in [3.63, 3.8) is 0 Å². The Kier molecular flexibility index (Phi) is 9.22. The molecule has 0 rings (SSSR count). The van der Waals surface area contributed by atoms with Gasteiger partial charge in [0.25, 0.3) is 0 Å². The molecule has 3 nitrogen and oxygen atoms in total. The number of halogens is 4. The minimum Gasteiger partial charge on any atom is -0.418 e. The summed E-state index contributed by atoms with van der Waals surface area (Å²) in [6, 6.07) is 0. The van der Waals surface area contributed by atoms with Crippen molar-refractivity contribution < 1.29 is 31.6 Å². The third-order valence-corrected chi connectivity index (χ3v) is 1.39. The van der Waals surface area contributed by atoms with Crippen molar-refractivity contribution in [2.45, 2.75) is 13.3 Å². The standard InChI is InChI=1S/C6H15NO2.BF4/c1-5-7(2)6(8-3)9-4;2-1(3,4)5/h6H,5H2,1-4H3;/q;-1/p+1. The molecule has 0 aromatic heterocycles. The van der Waals surface area contributed by atoms with Gasteiger partial charge in [0.05, 0.1) is 13.6 Å². The minimum absolute atomic E-state index is 0.116. The van der Waals surface area contributed by atoms with E-state index < -0.39 is 7.25 Å². The topological polar surface area (TPSA) is 22.9 Å². The van der Waals surface area contributed by atoms with E-state index in [0.717, 1.165) is 6.54 Å². The highest BCUT2D eigenvalue weighted by Crippen LogP contribution is 2.06. The molecule has 14 heavy (non-hydrogen) atoms. The van der Waals surface area contributed by atoms with Crippen molar-refractivity contribution >= 4 is 7.25 Å². The zero-order chi connectivity index (χ0) is 11.8. The van der Waals surface area contributed by atoms with Crippen molar-refractivity contribution in [1.29, 1.82) is 0 Å². The van der Waals surface area contributed by atoms with Gasteiger partial charge in [-0.1, -0.05) is 0 Å². The third-order valence-electron chi connectivity index (χ3n) is 1.39. The number of quaternary nitrogens is 1. The molecule has 0 aromatic carbocycles. The van der Waals surface area contributed by atoms with Crippen molar-refractivity contribution in [3.05, 3.63) is 0 Å². The first-order chi connectivity index (χ1) is 6.26. The van der Waals surface area contributed by atoms with Crippen LogP contribution in [0.15, 0.2) is 0 Å². The Morgan fingerprint density at radius 2 is 1.43 bits per heavy atom. The second-order valence-corrected chi connectivity index (χ2v) is 2.50. The maximum Gasteiger partial charge on any atom is 0.673 e. The fourth-order valence-corrected chi connectivity index (χ4v) is 0.665. The fraction of sp³-hybridized carbons (Fsp3) is 1.00. The van der Waals surface area contributed by atoms with Crippen LogP contribution in [0.2, 0.25) is 0 Å². The van der Waals surface area contributed by atoms with E-state index in [9.17, 15) is 17.3 Å². The highest BCUT2D eigenvalue weighted by Gasteiger charge is 2.20. The molecule has 0 aliphatic heterocycles. The van der Waals surface area contributed by atoms with Crippen LogP contribution in [-0.2, 0) is 9.47 Å². The van der Waals surface area contributed by atoms with Gasteiger partial charge in [-0.2, -0.15) is 0 Å². The summed E-state index contributed by atoms with van der Waals surface area (Å²) in [5.41, 5.74) is 0. The Bertz CT molecular complexity index is 125. The molecular formula is C6H16BF4NO2.